The van der Waals surface area contributed by atoms with Crippen LogP contribution >= 0.6 is 0 Å². The minimum absolute atomic E-state index is 0.000917. The van der Waals surface area contributed by atoms with Crippen LogP contribution in [0, 0.1) is 11.8 Å². The Morgan fingerprint density at radius 2 is 1.81 bits per heavy atom. The molecule has 0 saturated heterocycles. The SMILES string of the molecule is CN(C)CC(=O)NCC1CCC(CC(=O)N[C@H]2Cc3cccc(C(=O)O)c3OB2O)CC1. The van der Waals surface area contributed by atoms with Gasteiger partial charge in [0.1, 0.15) is 5.75 Å². The monoisotopic (exact) mass is 445 g/mol. The fourth-order valence-electron chi connectivity index (χ4n) is 4.49. The number of carbonyl (C=O) groups is 3. The molecule has 2 amide bonds. The maximum Gasteiger partial charge on any atom is 0.547 e. The molecule has 0 aromatic heterocycles. The predicted molar refractivity (Wildman–Crippen MR) is 119 cm³/mol. The van der Waals surface area contributed by atoms with Crippen molar-refractivity contribution >= 4 is 24.9 Å². The molecule has 0 bridgehead atoms. The van der Waals surface area contributed by atoms with Gasteiger partial charge in [-0.15, -0.1) is 0 Å². The molecule has 2 aliphatic rings. The van der Waals surface area contributed by atoms with Crippen molar-refractivity contribution in [2.45, 2.75) is 44.5 Å². The van der Waals surface area contributed by atoms with Gasteiger partial charge in [-0.1, -0.05) is 12.1 Å². The number of benzene rings is 1. The van der Waals surface area contributed by atoms with Gasteiger partial charge in [0.25, 0.3) is 0 Å². The third kappa shape index (κ3) is 6.46. The summed E-state index contributed by atoms with van der Waals surface area (Å²) in [6.07, 6.45) is 4.49. The molecular weight excluding hydrogens is 413 g/mol. The Kier molecular flexibility index (Phi) is 8.14. The van der Waals surface area contributed by atoms with Crippen molar-refractivity contribution in [1.29, 1.82) is 0 Å². The quantitative estimate of drug-likeness (QED) is 0.434. The lowest BCUT2D eigenvalue weighted by atomic mass is 9.72. The van der Waals surface area contributed by atoms with Gasteiger partial charge in [0.15, 0.2) is 0 Å². The number of likely N-dealkylation sites (N-methyl/N-ethyl adjacent to an activating group) is 1. The maximum absolute atomic E-state index is 12.6. The molecule has 1 saturated carbocycles. The Labute approximate surface area is 188 Å². The second-order valence-corrected chi connectivity index (χ2v) is 9.12. The van der Waals surface area contributed by atoms with Gasteiger partial charge in [-0.05, 0) is 69.7 Å². The first kappa shape index (κ1) is 24.1. The van der Waals surface area contributed by atoms with Crippen molar-refractivity contribution in [3.05, 3.63) is 29.3 Å². The number of carbonyl (C=O) groups excluding carboxylic acids is 2. The summed E-state index contributed by atoms with van der Waals surface area (Å²) in [4.78, 5) is 37.5. The minimum Gasteiger partial charge on any atom is -0.534 e. The van der Waals surface area contributed by atoms with E-state index in [1.54, 1.807) is 12.1 Å². The zero-order chi connectivity index (χ0) is 23.3. The van der Waals surface area contributed by atoms with Gasteiger partial charge < -0.3 is 30.3 Å². The van der Waals surface area contributed by atoms with E-state index in [0.717, 1.165) is 25.7 Å². The highest BCUT2D eigenvalue weighted by molar-refractivity contribution is 6.47. The molecule has 32 heavy (non-hydrogen) atoms. The second-order valence-electron chi connectivity index (χ2n) is 9.12. The van der Waals surface area contributed by atoms with Gasteiger partial charge in [0.05, 0.1) is 18.0 Å². The summed E-state index contributed by atoms with van der Waals surface area (Å²) in [6.45, 7) is 1.06. The Morgan fingerprint density at radius 3 is 2.47 bits per heavy atom. The van der Waals surface area contributed by atoms with Crippen LogP contribution in [0.3, 0.4) is 0 Å². The van der Waals surface area contributed by atoms with Gasteiger partial charge in [-0.2, -0.15) is 0 Å². The molecule has 9 nitrogen and oxygen atoms in total. The number of para-hydroxylation sites is 1. The normalized spacial score (nSPS) is 22.6. The van der Waals surface area contributed by atoms with Gasteiger partial charge in [0.2, 0.25) is 11.8 Å². The number of fused-ring (bicyclic) bond motifs is 1. The van der Waals surface area contributed by atoms with Crippen molar-refractivity contribution in [3.63, 3.8) is 0 Å². The van der Waals surface area contributed by atoms with E-state index in [1.807, 2.05) is 19.0 Å². The molecule has 0 unspecified atom stereocenters. The van der Waals surface area contributed by atoms with Gasteiger partial charge >= 0.3 is 13.1 Å². The Balaban J connectivity index is 1.43. The zero-order valence-corrected chi connectivity index (χ0v) is 18.7. The molecule has 10 heteroatoms. The van der Waals surface area contributed by atoms with Crippen LogP contribution in [0.25, 0.3) is 0 Å². The highest BCUT2D eigenvalue weighted by Gasteiger charge is 2.38. The Bertz CT molecular complexity index is 841. The summed E-state index contributed by atoms with van der Waals surface area (Å²) in [5.74, 6) is -0.981. The number of hydrogen-bond donors (Lipinski definition) is 4. The summed E-state index contributed by atoms with van der Waals surface area (Å²) in [5, 5.41) is 25.4. The molecule has 1 heterocycles. The third-order valence-corrected chi connectivity index (χ3v) is 6.18. The Hall–Kier alpha value is -2.59. The number of nitrogens with zero attached hydrogens (tertiary/aromatic N) is 1. The van der Waals surface area contributed by atoms with Crippen LogP contribution in [0.1, 0.15) is 48.0 Å². The van der Waals surface area contributed by atoms with Crippen molar-refractivity contribution in [1.82, 2.24) is 15.5 Å². The first-order valence-corrected chi connectivity index (χ1v) is 11.1. The standard InChI is InChI=1S/C22H32BN3O6/c1-26(2)13-20(28)24-12-15-8-6-14(7-9-15)10-19(27)25-18-11-16-4-3-5-17(22(29)30)21(16)32-23(18)31/h3-5,14-15,18,31H,6-13H2,1-2H3,(H,24,28)(H,25,27)(H,29,30)/t14?,15?,18-/m0/s1. The third-order valence-electron chi connectivity index (χ3n) is 6.18. The summed E-state index contributed by atoms with van der Waals surface area (Å²) in [5.41, 5.74) is 0.651. The van der Waals surface area contributed by atoms with Gasteiger partial charge in [0, 0.05) is 13.0 Å². The summed E-state index contributed by atoms with van der Waals surface area (Å²) >= 11 is 0. The van der Waals surface area contributed by atoms with E-state index in [0.29, 0.717) is 37.4 Å². The smallest absolute Gasteiger partial charge is 0.534 e. The van der Waals surface area contributed by atoms with Crippen LogP contribution in [-0.4, -0.2) is 73.1 Å². The van der Waals surface area contributed by atoms with Crippen molar-refractivity contribution in [2.75, 3.05) is 27.2 Å². The number of rotatable bonds is 8. The molecule has 1 fully saturated rings. The van der Waals surface area contributed by atoms with E-state index < -0.39 is 19.0 Å². The molecule has 1 atom stereocenters. The number of aromatic carboxylic acids is 1. The topological polar surface area (TPSA) is 128 Å². The van der Waals surface area contributed by atoms with E-state index in [1.165, 1.54) is 6.07 Å². The molecule has 0 radical (unpaired) electrons. The van der Waals surface area contributed by atoms with Crippen LogP contribution in [-0.2, 0) is 16.0 Å². The zero-order valence-electron chi connectivity index (χ0n) is 18.7. The summed E-state index contributed by atoms with van der Waals surface area (Å²) < 4.78 is 5.43. The van der Waals surface area contributed by atoms with E-state index >= 15 is 0 Å². The average Bonchev–Trinajstić information content (AvgIpc) is 2.72. The molecule has 3 rings (SSSR count). The largest absolute Gasteiger partial charge is 0.547 e. The lowest BCUT2D eigenvalue weighted by Gasteiger charge is -2.31. The maximum atomic E-state index is 12.6. The number of amides is 2. The van der Waals surface area contributed by atoms with Crippen LogP contribution in [0.5, 0.6) is 5.75 Å². The minimum atomic E-state index is -1.30. The number of hydrogen-bond acceptors (Lipinski definition) is 6. The molecule has 1 aliphatic carbocycles. The molecule has 1 aromatic rings. The van der Waals surface area contributed by atoms with Gasteiger partial charge in [-0.3, -0.25) is 9.59 Å². The number of carboxylic acid groups (broad SMARTS) is 1. The highest BCUT2D eigenvalue weighted by Crippen LogP contribution is 2.32. The summed E-state index contributed by atoms with van der Waals surface area (Å²) in [7, 11) is 2.43. The number of nitrogens with one attached hydrogen (secondary N) is 2. The van der Waals surface area contributed by atoms with Crippen LogP contribution in [0.2, 0.25) is 0 Å². The first-order valence-electron chi connectivity index (χ1n) is 11.1. The molecule has 1 aliphatic heterocycles. The molecular formula is C22H32BN3O6. The molecule has 0 spiro atoms. The van der Waals surface area contributed by atoms with E-state index in [9.17, 15) is 24.5 Å². The van der Waals surface area contributed by atoms with Gasteiger partial charge in [-0.25, -0.2) is 4.79 Å². The number of carboxylic acids is 1. The molecule has 174 valence electrons. The molecule has 1 aromatic carbocycles. The average molecular weight is 445 g/mol. The van der Waals surface area contributed by atoms with E-state index in [4.69, 9.17) is 4.65 Å². The summed E-state index contributed by atoms with van der Waals surface area (Å²) in [6, 6.07) is 4.80. The van der Waals surface area contributed by atoms with Crippen LogP contribution in [0.4, 0.5) is 0 Å². The van der Waals surface area contributed by atoms with E-state index in [-0.39, 0.29) is 29.0 Å². The van der Waals surface area contributed by atoms with Crippen molar-refractivity contribution < 1.29 is 29.2 Å². The van der Waals surface area contributed by atoms with E-state index in [2.05, 4.69) is 10.6 Å². The highest BCUT2D eigenvalue weighted by atomic mass is 16.5. The fourth-order valence-corrected chi connectivity index (χ4v) is 4.49. The Morgan fingerprint density at radius 1 is 1.12 bits per heavy atom. The fraction of sp³-hybridized carbons (Fsp3) is 0.591. The lowest BCUT2D eigenvalue weighted by Crippen LogP contribution is -2.53. The second kappa shape index (κ2) is 10.8. The first-order chi connectivity index (χ1) is 15.2. The van der Waals surface area contributed by atoms with Crippen LogP contribution < -0.4 is 15.3 Å². The lowest BCUT2D eigenvalue weighted by molar-refractivity contribution is -0.122. The van der Waals surface area contributed by atoms with Crippen molar-refractivity contribution in [2.24, 2.45) is 11.8 Å². The van der Waals surface area contributed by atoms with Crippen LogP contribution in [0.15, 0.2) is 18.2 Å². The predicted octanol–water partition coefficient (Wildman–Crippen LogP) is 0.699. The van der Waals surface area contributed by atoms with Crippen molar-refractivity contribution in [3.8, 4) is 5.75 Å². The molecule has 4 N–H and O–H groups in total.